The molecule has 1 fully saturated rings. The summed E-state index contributed by atoms with van der Waals surface area (Å²) in [6, 6.07) is 7.34. The van der Waals surface area contributed by atoms with Crippen molar-refractivity contribution in [1.82, 2.24) is 4.90 Å². The maximum atomic E-state index is 12.6. The zero-order valence-electron chi connectivity index (χ0n) is 12.4. The molecule has 1 saturated heterocycles. The maximum Gasteiger partial charge on any atom is 0.235 e. The van der Waals surface area contributed by atoms with Crippen LogP contribution in [0, 0.1) is 11.8 Å². The lowest BCUT2D eigenvalue weighted by Gasteiger charge is -2.33. The first kappa shape index (κ1) is 13.2. The summed E-state index contributed by atoms with van der Waals surface area (Å²) in [4.78, 5) is 39.9. The molecule has 0 saturated carbocycles. The first-order valence-electron chi connectivity index (χ1n) is 7.43. The number of hydrogen-bond donors (Lipinski definition) is 0. The van der Waals surface area contributed by atoms with Crippen LogP contribution in [0.2, 0.25) is 0 Å². The lowest BCUT2D eigenvalue weighted by Crippen LogP contribution is -2.46. The predicted octanol–water partition coefficient (Wildman–Crippen LogP) is 1.44. The molecular formula is C17H16N2O3. The van der Waals surface area contributed by atoms with Gasteiger partial charge in [-0.3, -0.25) is 19.3 Å². The van der Waals surface area contributed by atoms with Gasteiger partial charge >= 0.3 is 0 Å². The van der Waals surface area contributed by atoms with Crippen molar-refractivity contribution >= 4 is 29.0 Å². The molecule has 0 radical (unpaired) electrons. The quantitative estimate of drug-likeness (QED) is 0.681. The van der Waals surface area contributed by atoms with Crippen molar-refractivity contribution in [3.05, 3.63) is 35.9 Å². The van der Waals surface area contributed by atoms with Gasteiger partial charge in [0, 0.05) is 19.5 Å². The summed E-state index contributed by atoms with van der Waals surface area (Å²) in [5.41, 5.74) is 2.83. The summed E-state index contributed by atoms with van der Waals surface area (Å²) in [5, 5.41) is 0. The number of para-hydroxylation sites is 1. The number of likely N-dealkylation sites (tertiary alicyclic amines) is 1. The molecule has 22 heavy (non-hydrogen) atoms. The third kappa shape index (κ3) is 1.46. The lowest BCUT2D eigenvalue weighted by molar-refractivity contribution is -0.138. The molecule has 5 nitrogen and oxygen atoms in total. The molecule has 0 aromatic heterocycles. The van der Waals surface area contributed by atoms with E-state index in [2.05, 4.69) is 0 Å². The van der Waals surface area contributed by atoms with Gasteiger partial charge in [0.25, 0.3) is 0 Å². The third-order valence-corrected chi connectivity index (χ3v) is 5.04. The van der Waals surface area contributed by atoms with E-state index in [1.165, 1.54) is 18.9 Å². The summed E-state index contributed by atoms with van der Waals surface area (Å²) in [5.74, 6) is -1.22. The molecule has 2 heterocycles. The van der Waals surface area contributed by atoms with Crippen molar-refractivity contribution in [3.8, 4) is 0 Å². The Balaban J connectivity index is 1.90. The minimum absolute atomic E-state index is 0.101. The Labute approximate surface area is 128 Å². The van der Waals surface area contributed by atoms with Crippen molar-refractivity contribution in [1.29, 1.82) is 0 Å². The average Bonchev–Trinajstić information content (AvgIpc) is 2.96. The van der Waals surface area contributed by atoms with Crippen LogP contribution < -0.4 is 4.90 Å². The Morgan fingerprint density at radius 3 is 2.64 bits per heavy atom. The summed E-state index contributed by atoms with van der Waals surface area (Å²) < 4.78 is 0. The van der Waals surface area contributed by atoms with E-state index in [-0.39, 0.29) is 29.7 Å². The van der Waals surface area contributed by atoms with Crippen LogP contribution in [0.1, 0.15) is 18.9 Å². The topological polar surface area (TPSA) is 57.7 Å². The van der Waals surface area contributed by atoms with Gasteiger partial charge in [0.1, 0.15) is 0 Å². The summed E-state index contributed by atoms with van der Waals surface area (Å²) in [6.07, 6.45) is 2.59. The van der Waals surface area contributed by atoms with Crippen molar-refractivity contribution in [3.63, 3.8) is 0 Å². The number of anilines is 1. The fraction of sp³-hybridized carbons (Fsp3) is 0.353. The molecule has 1 aliphatic carbocycles. The van der Waals surface area contributed by atoms with Crippen molar-refractivity contribution in [2.45, 2.75) is 19.4 Å². The number of nitrogens with zero attached hydrogens (tertiary/aromatic N) is 2. The molecular weight excluding hydrogens is 280 g/mol. The number of imide groups is 1. The Bertz CT molecular complexity index is 752. The number of allylic oxidation sites excluding steroid dienone is 1. The van der Waals surface area contributed by atoms with Gasteiger partial charge in [-0.1, -0.05) is 24.3 Å². The molecule has 5 heteroatoms. The number of fused-ring (bicyclic) bond motifs is 5. The van der Waals surface area contributed by atoms with E-state index in [0.717, 1.165) is 16.8 Å². The normalized spacial score (nSPS) is 29.2. The predicted molar refractivity (Wildman–Crippen MR) is 80.7 cm³/mol. The van der Waals surface area contributed by atoms with Crippen LogP contribution in [0.15, 0.2) is 30.3 Å². The van der Waals surface area contributed by atoms with Gasteiger partial charge in [0.05, 0.1) is 23.6 Å². The van der Waals surface area contributed by atoms with Gasteiger partial charge < -0.3 is 4.90 Å². The molecule has 0 N–H and O–H groups in total. The number of hydrogen-bond acceptors (Lipinski definition) is 3. The highest BCUT2D eigenvalue weighted by Crippen LogP contribution is 2.50. The highest BCUT2D eigenvalue weighted by molar-refractivity contribution is 6.11. The molecule has 3 aliphatic rings. The van der Waals surface area contributed by atoms with Gasteiger partial charge in [-0.05, 0) is 18.1 Å². The summed E-state index contributed by atoms with van der Waals surface area (Å²) in [6.45, 7) is 1.51. The molecule has 112 valence electrons. The van der Waals surface area contributed by atoms with Crippen LogP contribution in [0.5, 0.6) is 0 Å². The van der Waals surface area contributed by atoms with Gasteiger partial charge in [0.15, 0.2) is 0 Å². The maximum absolute atomic E-state index is 12.6. The molecule has 0 spiro atoms. The average molecular weight is 296 g/mol. The fourth-order valence-corrected chi connectivity index (χ4v) is 4.09. The van der Waals surface area contributed by atoms with Gasteiger partial charge in [-0.2, -0.15) is 0 Å². The summed E-state index contributed by atoms with van der Waals surface area (Å²) >= 11 is 0. The van der Waals surface area contributed by atoms with Crippen LogP contribution in [0.4, 0.5) is 5.69 Å². The lowest BCUT2D eigenvalue weighted by atomic mass is 9.76. The Morgan fingerprint density at radius 1 is 1.18 bits per heavy atom. The second-order valence-corrected chi connectivity index (χ2v) is 6.11. The third-order valence-electron chi connectivity index (χ3n) is 5.04. The largest absolute Gasteiger partial charge is 0.304 e. The Hall–Kier alpha value is -2.43. The van der Waals surface area contributed by atoms with E-state index < -0.39 is 5.92 Å². The SMILES string of the molecule is CC(=O)N1c2ccccc2C2=CC[C@@H]3C(=O)N(C)C(=O)[C@@H]3[C@@H]21. The first-order chi connectivity index (χ1) is 10.5. The van der Waals surface area contributed by atoms with Crippen LogP contribution in [0.25, 0.3) is 5.57 Å². The van der Waals surface area contributed by atoms with Crippen molar-refractivity contribution in [2.24, 2.45) is 11.8 Å². The molecule has 1 aromatic carbocycles. The van der Waals surface area contributed by atoms with Crippen LogP contribution in [-0.4, -0.2) is 35.7 Å². The van der Waals surface area contributed by atoms with E-state index >= 15 is 0 Å². The van der Waals surface area contributed by atoms with Gasteiger partial charge in [0.2, 0.25) is 17.7 Å². The van der Waals surface area contributed by atoms with Crippen LogP contribution >= 0.6 is 0 Å². The fourth-order valence-electron chi connectivity index (χ4n) is 4.09. The molecule has 4 rings (SSSR count). The molecule has 3 amide bonds. The second-order valence-electron chi connectivity index (χ2n) is 6.11. The highest BCUT2D eigenvalue weighted by Gasteiger charge is 2.56. The molecule has 0 unspecified atom stereocenters. The van der Waals surface area contributed by atoms with Gasteiger partial charge in [-0.15, -0.1) is 0 Å². The number of rotatable bonds is 0. The molecule has 2 aliphatic heterocycles. The van der Waals surface area contributed by atoms with E-state index in [0.29, 0.717) is 6.42 Å². The standard InChI is InChI=1S/C17H16N2O3/c1-9(20)19-13-6-4-3-5-10(13)11-7-8-12-14(15(11)19)17(22)18(2)16(12)21/h3-7,12,14-15H,8H2,1-2H3/t12-,14-,15+/m0/s1. The summed E-state index contributed by atoms with van der Waals surface area (Å²) in [7, 11) is 1.53. The van der Waals surface area contributed by atoms with E-state index in [1.807, 2.05) is 30.3 Å². The second kappa shape index (κ2) is 4.29. The number of carbonyl (C=O) groups is 3. The van der Waals surface area contributed by atoms with Crippen molar-refractivity contribution in [2.75, 3.05) is 11.9 Å². The Kier molecular flexibility index (Phi) is 2.58. The molecule has 0 bridgehead atoms. The number of amides is 3. The molecule has 3 atom stereocenters. The smallest absolute Gasteiger partial charge is 0.235 e. The minimum atomic E-state index is -0.464. The Morgan fingerprint density at radius 2 is 1.91 bits per heavy atom. The van der Waals surface area contributed by atoms with E-state index in [4.69, 9.17) is 0 Å². The van der Waals surface area contributed by atoms with Gasteiger partial charge in [-0.25, -0.2) is 0 Å². The van der Waals surface area contributed by atoms with E-state index in [1.54, 1.807) is 4.90 Å². The minimum Gasteiger partial charge on any atom is -0.304 e. The van der Waals surface area contributed by atoms with Crippen LogP contribution in [-0.2, 0) is 14.4 Å². The van der Waals surface area contributed by atoms with E-state index in [9.17, 15) is 14.4 Å². The number of benzene rings is 1. The van der Waals surface area contributed by atoms with Crippen molar-refractivity contribution < 1.29 is 14.4 Å². The zero-order chi connectivity index (χ0) is 15.6. The zero-order valence-corrected chi connectivity index (χ0v) is 12.4. The monoisotopic (exact) mass is 296 g/mol. The number of carbonyl (C=O) groups excluding carboxylic acids is 3. The van der Waals surface area contributed by atoms with Crippen LogP contribution in [0.3, 0.4) is 0 Å². The first-order valence-corrected chi connectivity index (χ1v) is 7.43. The highest BCUT2D eigenvalue weighted by atomic mass is 16.2. The molecule has 1 aromatic rings.